The average Bonchev–Trinajstić information content (AvgIpc) is 2.95. The Morgan fingerprint density at radius 3 is 1.05 bits per heavy atom. The zero-order valence-corrected chi connectivity index (χ0v) is 20.3. The minimum atomic E-state index is -3.58. The molecule has 0 aliphatic carbocycles. The van der Waals surface area contributed by atoms with E-state index in [0.29, 0.717) is 6.08 Å². The molecule has 0 N–H and O–H groups in total. The first-order valence-electron chi connectivity index (χ1n) is 10.9. The summed E-state index contributed by atoms with van der Waals surface area (Å²) in [6, 6.07) is 0. The lowest BCUT2D eigenvalue weighted by Gasteiger charge is -2.23. The highest BCUT2D eigenvalue weighted by atomic mass is 35.5. The molecule has 17 heteroatoms. The van der Waals surface area contributed by atoms with Crippen molar-refractivity contribution < 1.29 is 65.9 Å². The second-order valence-corrected chi connectivity index (χ2v) is 8.57. The smallest absolute Gasteiger partial charge is 0.204 e. The summed E-state index contributed by atoms with van der Waals surface area (Å²) in [4.78, 5) is 0. The van der Waals surface area contributed by atoms with Crippen molar-refractivity contribution >= 4 is 34.7 Å². The molecule has 0 bridgehead atoms. The third-order valence-electron chi connectivity index (χ3n) is 5.83. The van der Waals surface area contributed by atoms with E-state index in [4.69, 9.17) is 11.6 Å². The number of hydrogen-bond donors (Lipinski definition) is 0. The molecule has 0 amide bonds. The Morgan fingerprint density at radius 2 is 0.732 bits per heavy atom. The number of hydrogen-bond acceptors (Lipinski definition) is 0. The third-order valence-corrected chi connectivity index (χ3v) is 6.09. The molecule has 0 nitrogen and oxygen atoms in total. The number of alkyl halides is 1. The van der Waals surface area contributed by atoms with Gasteiger partial charge in [-0.2, -0.15) is 0 Å². The van der Waals surface area contributed by atoms with Crippen LogP contribution in [-0.4, -0.2) is 12.6 Å². The number of benzene rings is 3. The average molecular weight is 629 g/mol. The molecular formula is C24H9BClF15. The Labute approximate surface area is 225 Å². The molecule has 0 radical (unpaired) electrons. The summed E-state index contributed by atoms with van der Waals surface area (Å²) < 4.78 is 216. The molecule has 0 unspecified atom stereocenters. The van der Waals surface area contributed by atoms with Crippen molar-refractivity contribution in [3.8, 4) is 0 Å². The van der Waals surface area contributed by atoms with E-state index in [9.17, 15) is 65.9 Å². The van der Waals surface area contributed by atoms with Crippen LogP contribution >= 0.6 is 11.6 Å². The molecule has 220 valence electrons. The summed E-state index contributed by atoms with van der Waals surface area (Å²) in [5.41, 5.74) is -8.88. The topological polar surface area (TPSA) is 0 Å². The lowest BCUT2D eigenvalue weighted by Crippen LogP contribution is -2.52. The first-order chi connectivity index (χ1) is 19.1. The molecule has 3 aromatic carbocycles. The van der Waals surface area contributed by atoms with E-state index in [2.05, 4.69) is 0 Å². The van der Waals surface area contributed by atoms with Crippen LogP contribution in [-0.2, 0) is 0 Å². The number of rotatable bonds is 8. The summed E-state index contributed by atoms with van der Waals surface area (Å²) >= 11 is 5.46. The first kappa shape index (κ1) is 32.2. The van der Waals surface area contributed by atoms with Crippen LogP contribution in [0.2, 0.25) is 0 Å². The van der Waals surface area contributed by atoms with E-state index in [1.807, 2.05) is 0 Å². The summed E-state index contributed by atoms with van der Waals surface area (Å²) in [6.45, 7) is -3.58. The van der Waals surface area contributed by atoms with Crippen molar-refractivity contribution in [2.24, 2.45) is 0 Å². The van der Waals surface area contributed by atoms with Crippen molar-refractivity contribution in [3.63, 3.8) is 0 Å². The minimum Gasteiger partial charge on any atom is -0.204 e. The van der Waals surface area contributed by atoms with Gasteiger partial charge in [0.15, 0.2) is 81.4 Å². The van der Waals surface area contributed by atoms with Gasteiger partial charge in [-0.1, -0.05) is 11.5 Å². The first-order valence-corrected chi connectivity index (χ1v) is 11.4. The van der Waals surface area contributed by atoms with Gasteiger partial charge >= 0.3 is 0 Å². The molecule has 0 atom stereocenters. The largest absolute Gasteiger partial charge is 0.257 e. The lowest BCUT2D eigenvalue weighted by atomic mass is 9.34. The highest BCUT2D eigenvalue weighted by Gasteiger charge is 2.44. The van der Waals surface area contributed by atoms with Crippen LogP contribution in [0.4, 0.5) is 65.9 Å². The predicted molar refractivity (Wildman–Crippen MR) is 116 cm³/mol. The molecule has 0 aliphatic rings. The fourth-order valence-electron chi connectivity index (χ4n) is 3.92. The molecular weight excluding hydrogens is 619 g/mol. The summed E-state index contributed by atoms with van der Waals surface area (Å²) in [7, 11) is 0. The van der Waals surface area contributed by atoms with Crippen LogP contribution in [0.15, 0.2) is 6.08 Å². The molecule has 0 saturated heterocycles. The standard InChI is InChI=1S/C24H9BClF15/c26-5-3-1-2-4-6(7-10(27)16(33)22(39)17(34)11(7)28)25(8-12(29)18(35)23(40)19(36)13(8)30)9-14(31)20(37)24(41)21(38)15(9)32/h4H,1-3,5H2/b6-4+. The van der Waals surface area contributed by atoms with Gasteiger partial charge in [-0.3, -0.25) is 0 Å². The van der Waals surface area contributed by atoms with Crippen LogP contribution in [0.1, 0.15) is 24.8 Å². The monoisotopic (exact) mass is 628 g/mol. The van der Waals surface area contributed by atoms with E-state index >= 15 is 0 Å². The molecule has 0 saturated carbocycles. The molecule has 3 aromatic rings. The van der Waals surface area contributed by atoms with Gasteiger partial charge in [-0.15, -0.1) is 11.6 Å². The SMILES string of the molecule is Fc1c(F)c(F)c(B(/C(=C/CCCCCl)c2c(F)c(F)c(F)c(F)c2F)c2c(F)c(F)c(F)c(F)c2F)c(F)c1F. The Balaban J connectivity index is 2.66. The third kappa shape index (κ3) is 5.37. The van der Waals surface area contributed by atoms with E-state index in [1.54, 1.807) is 0 Å². The van der Waals surface area contributed by atoms with Gasteiger partial charge < -0.3 is 0 Å². The van der Waals surface area contributed by atoms with Crippen molar-refractivity contribution in [1.29, 1.82) is 0 Å². The van der Waals surface area contributed by atoms with Crippen LogP contribution in [0.25, 0.3) is 5.47 Å². The van der Waals surface area contributed by atoms with E-state index in [0.717, 1.165) is 0 Å². The number of allylic oxidation sites excluding steroid dienone is 1. The maximum Gasteiger partial charge on any atom is 0.257 e. The van der Waals surface area contributed by atoms with E-state index in [-0.39, 0.29) is 18.7 Å². The highest BCUT2D eigenvalue weighted by molar-refractivity contribution is 6.99. The van der Waals surface area contributed by atoms with Gasteiger partial charge in [0, 0.05) is 22.4 Å². The lowest BCUT2D eigenvalue weighted by molar-refractivity contribution is 0.376. The van der Waals surface area contributed by atoms with Crippen LogP contribution < -0.4 is 10.9 Å². The van der Waals surface area contributed by atoms with Crippen LogP contribution in [0.5, 0.6) is 0 Å². The van der Waals surface area contributed by atoms with Gasteiger partial charge in [0.2, 0.25) is 5.82 Å². The minimum absolute atomic E-state index is 0.0121. The van der Waals surface area contributed by atoms with Crippen molar-refractivity contribution in [1.82, 2.24) is 0 Å². The maximum atomic E-state index is 15.0. The quantitative estimate of drug-likeness (QED) is 0.0609. The van der Waals surface area contributed by atoms with Gasteiger partial charge in [-0.25, -0.2) is 65.9 Å². The highest BCUT2D eigenvalue weighted by Crippen LogP contribution is 2.33. The van der Waals surface area contributed by atoms with Crippen LogP contribution in [0, 0.1) is 87.3 Å². The van der Waals surface area contributed by atoms with Crippen molar-refractivity contribution in [2.75, 3.05) is 5.88 Å². The predicted octanol–water partition coefficient (Wildman–Crippen LogP) is 7.41. The summed E-state index contributed by atoms with van der Waals surface area (Å²) in [6.07, 6.45) is -0.518. The summed E-state index contributed by atoms with van der Waals surface area (Å²) in [5, 5.41) is 0. The normalized spacial score (nSPS) is 12.0. The van der Waals surface area contributed by atoms with Gasteiger partial charge in [-0.05, 0) is 19.3 Å². The van der Waals surface area contributed by atoms with Gasteiger partial charge in [0.1, 0.15) is 0 Å². The second kappa shape index (κ2) is 12.3. The van der Waals surface area contributed by atoms with Gasteiger partial charge in [0.05, 0.1) is 0 Å². The zero-order valence-electron chi connectivity index (χ0n) is 19.5. The van der Waals surface area contributed by atoms with Crippen LogP contribution in [0.3, 0.4) is 0 Å². The second-order valence-electron chi connectivity index (χ2n) is 8.19. The fourth-order valence-corrected chi connectivity index (χ4v) is 4.11. The number of halogens is 16. The molecule has 0 aromatic heterocycles. The van der Waals surface area contributed by atoms with Crippen molar-refractivity contribution in [3.05, 3.63) is 98.9 Å². The van der Waals surface area contributed by atoms with E-state index in [1.165, 1.54) is 0 Å². The number of unbranched alkanes of at least 4 members (excludes halogenated alkanes) is 2. The van der Waals surface area contributed by atoms with Gasteiger partial charge in [0.25, 0.3) is 6.71 Å². The Hall–Kier alpha value is -3.30. The molecule has 0 fully saturated rings. The molecule has 41 heavy (non-hydrogen) atoms. The Bertz CT molecular complexity index is 1410. The molecule has 3 rings (SSSR count). The summed E-state index contributed by atoms with van der Waals surface area (Å²) in [5.74, 6) is -43.1. The zero-order chi connectivity index (χ0) is 31.1. The Kier molecular flexibility index (Phi) is 9.66. The van der Waals surface area contributed by atoms with Crippen molar-refractivity contribution in [2.45, 2.75) is 19.3 Å². The maximum absolute atomic E-state index is 15.0. The Morgan fingerprint density at radius 1 is 0.439 bits per heavy atom. The molecule has 0 aliphatic heterocycles. The molecule has 0 spiro atoms. The fraction of sp³-hybridized carbons (Fsp3) is 0.167. The van der Waals surface area contributed by atoms with E-state index < -0.39 is 122 Å². The molecule has 0 heterocycles.